The standard InChI is InChI=1S/C16H25N2O/c1-3-18(4-2,12-14-19-13-8-11-17)15-16-9-6-5-7-10-16/h5-7,9-10H,3-4,8,12-15H2,1-2H3/q+1. The van der Waals surface area contributed by atoms with Crippen molar-refractivity contribution in [3.05, 3.63) is 35.9 Å². The predicted molar refractivity (Wildman–Crippen MR) is 77.4 cm³/mol. The van der Waals surface area contributed by atoms with Crippen molar-refractivity contribution in [2.24, 2.45) is 0 Å². The Morgan fingerprint density at radius 2 is 1.79 bits per heavy atom. The molecule has 1 aromatic carbocycles. The van der Waals surface area contributed by atoms with Gasteiger partial charge in [-0.2, -0.15) is 5.26 Å². The first-order valence-electron chi connectivity index (χ1n) is 7.10. The van der Waals surface area contributed by atoms with E-state index in [-0.39, 0.29) is 0 Å². The Morgan fingerprint density at radius 1 is 1.11 bits per heavy atom. The smallest absolute Gasteiger partial charge is 0.104 e. The van der Waals surface area contributed by atoms with Crippen LogP contribution in [0.5, 0.6) is 0 Å². The molecule has 0 amide bonds. The minimum atomic E-state index is 0.483. The number of benzene rings is 1. The molecule has 0 spiro atoms. The fourth-order valence-electron chi connectivity index (χ4n) is 2.29. The zero-order chi connectivity index (χ0) is 14.0. The zero-order valence-corrected chi connectivity index (χ0v) is 12.1. The molecule has 19 heavy (non-hydrogen) atoms. The molecule has 0 heterocycles. The van der Waals surface area contributed by atoms with Crippen LogP contribution in [0.25, 0.3) is 0 Å². The average Bonchev–Trinajstić information content (AvgIpc) is 2.47. The molecule has 1 rings (SSSR count). The van der Waals surface area contributed by atoms with Crippen molar-refractivity contribution >= 4 is 0 Å². The van der Waals surface area contributed by atoms with Crippen molar-refractivity contribution in [2.45, 2.75) is 26.8 Å². The number of quaternary nitrogens is 1. The number of hydrogen-bond donors (Lipinski definition) is 0. The van der Waals surface area contributed by atoms with Crippen molar-refractivity contribution < 1.29 is 9.22 Å². The molecule has 0 aliphatic carbocycles. The Hall–Kier alpha value is -1.37. The van der Waals surface area contributed by atoms with Crippen LogP contribution in [0.1, 0.15) is 25.8 Å². The summed E-state index contributed by atoms with van der Waals surface area (Å²) < 4.78 is 6.57. The van der Waals surface area contributed by atoms with Gasteiger partial charge in [0.05, 0.1) is 38.8 Å². The minimum Gasteiger partial charge on any atom is -0.375 e. The van der Waals surface area contributed by atoms with Crippen LogP contribution in [-0.2, 0) is 11.3 Å². The summed E-state index contributed by atoms with van der Waals surface area (Å²) in [4.78, 5) is 0. The average molecular weight is 261 g/mol. The second-order valence-corrected chi connectivity index (χ2v) is 4.86. The predicted octanol–water partition coefficient (Wildman–Crippen LogP) is 2.97. The van der Waals surface area contributed by atoms with E-state index in [4.69, 9.17) is 10.00 Å². The van der Waals surface area contributed by atoms with Gasteiger partial charge in [-0.3, -0.25) is 0 Å². The van der Waals surface area contributed by atoms with Crippen molar-refractivity contribution in [1.29, 1.82) is 5.26 Å². The number of rotatable bonds is 9. The van der Waals surface area contributed by atoms with Gasteiger partial charge < -0.3 is 9.22 Å². The second-order valence-electron chi connectivity index (χ2n) is 4.86. The van der Waals surface area contributed by atoms with E-state index < -0.39 is 0 Å². The van der Waals surface area contributed by atoms with E-state index in [1.54, 1.807) is 0 Å². The molecule has 0 N–H and O–H groups in total. The Labute approximate surface area is 117 Å². The largest absolute Gasteiger partial charge is 0.375 e. The minimum absolute atomic E-state index is 0.483. The molecule has 0 aliphatic heterocycles. The number of likely N-dealkylation sites (N-methyl/N-ethyl adjacent to an activating group) is 1. The van der Waals surface area contributed by atoms with E-state index in [1.165, 1.54) is 5.56 Å². The van der Waals surface area contributed by atoms with Crippen molar-refractivity contribution in [1.82, 2.24) is 0 Å². The van der Waals surface area contributed by atoms with Crippen LogP contribution in [0.4, 0.5) is 0 Å². The highest BCUT2D eigenvalue weighted by Crippen LogP contribution is 2.14. The van der Waals surface area contributed by atoms with Crippen molar-refractivity contribution in [3.8, 4) is 6.07 Å². The summed E-state index contributed by atoms with van der Waals surface area (Å²) >= 11 is 0. The molecule has 0 bridgehead atoms. The molecular formula is C16H25N2O+. The van der Waals surface area contributed by atoms with Crippen LogP contribution in [0, 0.1) is 11.3 Å². The molecule has 0 aromatic heterocycles. The van der Waals surface area contributed by atoms with Gasteiger partial charge in [0.1, 0.15) is 13.1 Å². The van der Waals surface area contributed by atoms with Gasteiger partial charge in [0.2, 0.25) is 0 Å². The third-order valence-corrected chi connectivity index (χ3v) is 3.77. The van der Waals surface area contributed by atoms with Crippen LogP contribution in [-0.4, -0.2) is 37.3 Å². The van der Waals surface area contributed by atoms with Gasteiger partial charge in [-0.25, -0.2) is 0 Å². The number of nitriles is 1. The van der Waals surface area contributed by atoms with Gasteiger partial charge in [-0.15, -0.1) is 0 Å². The first-order chi connectivity index (χ1) is 9.26. The topological polar surface area (TPSA) is 33.0 Å². The van der Waals surface area contributed by atoms with E-state index in [2.05, 4.69) is 50.2 Å². The summed E-state index contributed by atoms with van der Waals surface area (Å²) in [5, 5.41) is 8.48. The van der Waals surface area contributed by atoms with Gasteiger partial charge in [-0.1, -0.05) is 30.3 Å². The molecular weight excluding hydrogens is 236 g/mol. The fraction of sp³-hybridized carbons (Fsp3) is 0.562. The summed E-state index contributed by atoms with van der Waals surface area (Å²) in [6, 6.07) is 12.7. The normalized spacial score (nSPS) is 11.2. The maximum Gasteiger partial charge on any atom is 0.104 e. The monoisotopic (exact) mass is 261 g/mol. The zero-order valence-electron chi connectivity index (χ0n) is 12.1. The third-order valence-electron chi connectivity index (χ3n) is 3.77. The molecule has 0 unspecified atom stereocenters. The lowest BCUT2D eigenvalue weighted by atomic mass is 10.2. The quantitative estimate of drug-likeness (QED) is 0.506. The van der Waals surface area contributed by atoms with E-state index in [9.17, 15) is 0 Å². The van der Waals surface area contributed by atoms with Gasteiger partial charge in [-0.05, 0) is 13.8 Å². The van der Waals surface area contributed by atoms with Gasteiger partial charge >= 0.3 is 0 Å². The lowest BCUT2D eigenvalue weighted by Crippen LogP contribution is -2.49. The van der Waals surface area contributed by atoms with E-state index >= 15 is 0 Å². The molecule has 0 saturated carbocycles. The van der Waals surface area contributed by atoms with Crippen LogP contribution in [0.15, 0.2) is 30.3 Å². The first-order valence-corrected chi connectivity index (χ1v) is 7.10. The summed E-state index contributed by atoms with van der Waals surface area (Å²) in [5.41, 5.74) is 1.38. The Balaban J connectivity index is 2.51. The van der Waals surface area contributed by atoms with Gasteiger partial charge in [0, 0.05) is 5.56 Å². The first kappa shape index (κ1) is 15.7. The summed E-state index contributed by atoms with van der Waals surface area (Å²) in [6.45, 7) is 10.0. The second kappa shape index (κ2) is 8.68. The SMILES string of the molecule is CC[N+](CC)(CCOCCC#N)Cc1ccccc1. The molecule has 0 aliphatic rings. The lowest BCUT2D eigenvalue weighted by molar-refractivity contribution is -0.938. The number of hydrogen-bond acceptors (Lipinski definition) is 2. The van der Waals surface area contributed by atoms with Gasteiger partial charge in [0.15, 0.2) is 0 Å². The van der Waals surface area contributed by atoms with Crippen LogP contribution >= 0.6 is 0 Å². The number of nitrogens with zero attached hydrogens (tertiary/aromatic N) is 2. The molecule has 0 atom stereocenters. The number of ether oxygens (including phenoxy) is 1. The fourth-order valence-corrected chi connectivity index (χ4v) is 2.29. The van der Waals surface area contributed by atoms with E-state index in [0.717, 1.165) is 37.3 Å². The summed E-state index contributed by atoms with van der Waals surface area (Å²) in [5.74, 6) is 0. The highest BCUT2D eigenvalue weighted by atomic mass is 16.5. The maximum absolute atomic E-state index is 8.48. The van der Waals surface area contributed by atoms with E-state index in [0.29, 0.717) is 13.0 Å². The molecule has 0 saturated heterocycles. The Kier molecular flexibility index (Phi) is 7.17. The molecule has 0 fully saturated rings. The summed E-state index contributed by atoms with van der Waals surface area (Å²) in [7, 11) is 0. The Bertz CT molecular complexity index is 379. The van der Waals surface area contributed by atoms with Crippen molar-refractivity contribution in [3.63, 3.8) is 0 Å². The van der Waals surface area contributed by atoms with Crippen LogP contribution in [0.2, 0.25) is 0 Å². The molecule has 3 heteroatoms. The van der Waals surface area contributed by atoms with Crippen LogP contribution in [0.3, 0.4) is 0 Å². The molecule has 3 nitrogen and oxygen atoms in total. The maximum atomic E-state index is 8.48. The molecule has 104 valence electrons. The lowest BCUT2D eigenvalue weighted by Gasteiger charge is -2.37. The third kappa shape index (κ3) is 5.42. The van der Waals surface area contributed by atoms with Crippen molar-refractivity contribution in [2.75, 3.05) is 32.8 Å². The summed E-state index contributed by atoms with van der Waals surface area (Å²) in [6.07, 6.45) is 0.483. The Morgan fingerprint density at radius 3 is 2.37 bits per heavy atom. The van der Waals surface area contributed by atoms with Crippen LogP contribution < -0.4 is 0 Å². The van der Waals surface area contributed by atoms with E-state index in [1.807, 2.05) is 0 Å². The molecule has 0 radical (unpaired) electrons. The van der Waals surface area contributed by atoms with Gasteiger partial charge in [0.25, 0.3) is 0 Å². The highest BCUT2D eigenvalue weighted by molar-refractivity contribution is 5.13. The highest BCUT2D eigenvalue weighted by Gasteiger charge is 2.23. The molecule has 1 aromatic rings.